The molecule has 0 N–H and O–H groups in total. The van der Waals surface area contributed by atoms with Crippen molar-refractivity contribution >= 4 is 11.5 Å². The number of aryl methyl sites for hydroxylation is 1. The molecule has 0 radical (unpaired) electrons. The average molecular weight is 344 g/mol. The van der Waals surface area contributed by atoms with Gasteiger partial charge in [-0.3, -0.25) is 4.90 Å². The molecule has 8 heteroatoms. The highest BCUT2D eigenvalue weighted by Gasteiger charge is 2.31. The average Bonchev–Trinajstić information content (AvgIpc) is 2.91. The van der Waals surface area contributed by atoms with E-state index in [4.69, 9.17) is 0 Å². The fourth-order valence-electron chi connectivity index (χ4n) is 3.04. The van der Waals surface area contributed by atoms with Crippen molar-refractivity contribution in [1.29, 1.82) is 0 Å². The summed E-state index contributed by atoms with van der Waals surface area (Å²) < 4.78 is 28.8. The molecule has 0 bridgehead atoms. The number of benzene rings is 1. The third-order valence-corrected chi connectivity index (χ3v) is 4.64. The lowest BCUT2D eigenvalue weighted by Crippen LogP contribution is -2.58. The minimum atomic E-state index is -0.415. The second-order valence-corrected chi connectivity index (χ2v) is 6.42. The van der Waals surface area contributed by atoms with Crippen molar-refractivity contribution in [3.8, 4) is 0 Å². The van der Waals surface area contributed by atoms with E-state index in [1.165, 1.54) is 12.1 Å². The Labute approximate surface area is 143 Å². The van der Waals surface area contributed by atoms with Crippen molar-refractivity contribution in [3.05, 3.63) is 53.4 Å². The van der Waals surface area contributed by atoms with Gasteiger partial charge in [0.15, 0.2) is 11.5 Å². The smallest absolute Gasteiger partial charge is 0.178 e. The highest BCUT2D eigenvalue weighted by atomic mass is 19.1. The molecule has 3 heterocycles. The molecule has 1 aromatic carbocycles. The molecule has 1 aliphatic heterocycles. The minimum absolute atomic E-state index is 0.266. The molecule has 0 unspecified atom stereocenters. The number of nitrogens with zero attached hydrogens (tertiary/aromatic N) is 6. The Balaban J connectivity index is 1.42. The maximum atomic E-state index is 13.8. The lowest BCUT2D eigenvalue weighted by molar-refractivity contribution is 0.194. The minimum Gasteiger partial charge on any atom is -0.352 e. The fraction of sp³-hybridized carbons (Fsp3) is 0.353. The lowest BCUT2D eigenvalue weighted by atomic mass is 10.1. The van der Waals surface area contributed by atoms with Crippen LogP contribution in [0.15, 0.2) is 30.3 Å². The van der Waals surface area contributed by atoms with Crippen molar-refractivity contribution in [3.63, 3.8) is 0 Å². The molecule has 0 aliphatic carbocycles. The van der Waals surface area contributed by atoms with E-state index in [9.17, 15) is 8.78 Å². The van der Waals surface area contributed by atoms with Gasteiger partial charge >= 0.3 is 0 Å². The molecule has 3 aromatic rings. The van der Waals surface area contributed by atoms with Crippen LogP contribution in [-0.4, -0.2) is 50.9 Å². The summed E-state index contributed by atoms with van der Waals surface area (Å²) in [5.41, 5.74) is 1.10. The maximum absolute atomic E-state index is 13.8. The quantitative estimate of drug-likeness (QED) is 0.725. The molecule has 1 fully saturated rings. The molecule has 25 heavy (non-hydrogen) atoms. The van der Waals surface area contributed by atoms with E-state index in [1.54, 1.807) is 4.52 Å². The van der Waals surface area contributed by atoms with Crippen LogP contribution in [0.4, 0.5) is 14.6 Å². The molecule has 2 aromatic heterocycles. The zero-order valence-corrected chi connectivity index (χ0v) is 14.0. The van der Waals surface area contributed by atoms with Crippen molar-refractivity contribution in [2.24, 2.45) is 0 Å². The standard InChI is InChI=1S/C17H18F2N6/c1-11-20-21-16-5-6-17(22-25(11)16)24-9-14(10-24)23(2)8-12-7-13(18)3-4-15(12)19/h3-7,14H,8-10H2,1-2H3. The van der Waals surface area contributed by atoms with Gasteiger partial charge in [-0.1, -0.05) is 0 Å². The molecule has 6 nitrogen and oxygen atoms in total. The van der Waals surface area contributed by atoms with Gasteiger partial charge in [-0.05, 0) is 44.3 Å². The van der Waals surface area contributed by atoms with Crippen LogP contribution in [0.1, 0.15) is 11.4 Å². The molecule has 4 rings (SSSR count). The van der Waals surface area contributed by atoms with Crippen molar-refractivity contribution in [2.45, 2.75) is 19.5 Å². The Bertz CT molecular complexity index is 919. The predicted octanol–water partition coefficient (Wildman–Crippen LogP) is 2.03. The Morgan fingerprint density at radius 3 is 2.76 bits per heavy atom. The molecule has 0 atom stereocenters. The van der Waals surface area contributed by atoms with Crippen LogP contribution in [-0.2, 0) is 6.54 Å². The van der Waals surface area contributed by atoms with Gasteiger partial charge in [0.2, 0.25) is 0 Å². The number of fused-ring (bicyclic) bond motifs is 1. The number of hydrogen-bond donors (Lipinski definition) is 0. The summed E-state index contributed by atoms with van der Waals surface area (Å²) in [5, 5.41) is 12.6. The molecule has 0 amide bonds. The van der Waals surface area contributed by atoms with Gasteiger partial charge in [0.1, 0.15) is 17.5 Å². The van der Waals surface area contributed by atoms with E-state index in [0.717, 1.165) is 36.4 Å². The molecule has 1 saturated heterocycles. The lowest BCUT2D eigenvalue weighted by Gasteiger charge is -2.44. The van der Waals surface area contributed by atoms with Crippen molar-refractivity contribution < 1.29 is 8.78 Å². The number of aromatic nitrogens is 4. The van der Waals surface area contributed by atoms with Crippen molar-refractivity contribution in [1.82, 2.24) is 24.7 Å². The SMILES string of the molecule is Cc1nnc2ccc(N3CC(N(C)Cc4cc(F)ccc4F)C3)nn12. The molecule has 0 saturated carbocycles. The topological polar surface area (TPSA) is 49.6 Å². The molecule has 1 aliphatic rings. The molecular formula is C17H18F2N6. The first-order chi connectivity index (χ1) is 12.0. The van der Waals surface area contributed by atoms with E-state index < -0.39 is 5.82 Å². The largest absolute Gasteiger partial charge is 0.352 e. The van der Waals surface area contributed by atoms with Crippen LogP contribution in [0.5, 0.6) is 0 Å². The second kappa shape index (κ2) is 6.03. The summed E-state index contributed by atoms with van der Waals surface area (Å²) >= 11 is 0. The molecule has 0 spiro atoms. The maximum Gasteiger partial charge on any atom is 0.178 e. The summed E-state index contributed by atoms with van der Waals surface area (Å²) in [7, 11) is 1.92. The first kappa shape index (κ1) is 15.9. The van der Waals surface area contributed by atoms with Gasteiger partial charge in [-0.2, -0.15) is 4.52 Å². The summed E-state index contributed by atoms with van der Waals surface area (Å²) in [6, 6.07) is 7.65. The normalized spacial score (nSPS) is 15.2. The first-order valence-electron chi connectivity index (χ1n) is 8.09. The third kappa shape index (κ3) is 2.93. The number of likely N-dealkylation sites (N-methyl/N-ethyl adjacent to an activating group) is 1. The van der Waals surface area contributed by atoms with Crippen LogP contribution >= 0.6 is 0 Å². The van der Waals surface area contributed by atoms with Gasteiger partial charge in [0.05, 0.1) is 0 Å². The van der Waals surface area contributed by atoms with Crippen LogP contribution in [0.25, 0.3) is 5.65 Å². The Morgan fingerprint density at radius 2 is 1.96 bits per heavy atom. The second-order valence-electron chi connectivity index (χ2n) is 6.42. The van der Waals surface area contributed by atoms with Gasteiger partial charge in [-0.15, -0.1) is 15.3 Å². The number of anilines is 1. The molecule has 130 valence electrons. The van der Waals surface area contributed by atoms with Gasteiger partial charge in [0.25, 0.3) is 0 Å². The summed E-state index contributed by atoms with van der Waals surface area (Å²) in [6.07, 6.45) is 0. The van der Waals surface area contributed by atoms with Crippen LogP contribution in [0.2, 0.25) is 0 Å². The van der Waals surface area contributed by atoms with E-state index in [-0.39, 0.29) is 11.9 Å². The summed E-state index contributed by atoms with van der Waals surface area (Å²) in [5.74, 6) is 0.811. The van der Waals surface area contributed by atoms with E-state index in [0.29, 0.717) is 12.1 Å². The Morgan fingerprint density at radius 1 is 1.16 bits per heavy atom. The van der Waals surface area contributed by atoms with E-state index >= 15 is 0 Å². The van der Waals surface area contributed by atoms with Gasteiger partial charge in [-0.25, -0.2) is 8.78 Å². The summed E-state index contributed by atoms with van der Waals surface area (Å²) in [6.45, 7) is 3.80. The van der Waals surface area contributed by atoms with Crippen LogP contribution in [0.3, 0.4) is 0 Å². The van der Waals surface area contributed by atoms with Gasteiger partial charge < -0.3 is 4.90 Å². The Hall–Kier alpha value is -2.61. The fourth-order valence-corrected chi connectivity index (χ4v) is 3.04. The van der Waals surface area contributed by atoms with E-state index in [1.807, 2.05) is 31.0 Å². The van der Waals surface area contributed by atoms with Crippen molar-refractivity contribution in [2.75, 3.05) is 25.0 Å². The monoisotopic (exact) mass is 344 g/mol. The zero-order valence-electron chi connectivity index (χ0n) is 14.0. The van der Waals surface area contributed by atoms with Crippen LogP contribution < -0.4 is 4.90 Å². The third-order valence-electron chi connectivity index (χ3n) is 4.64. The first-order valence-corrected chi connectivity index (χ1v) is 8.09. The Kier molecular flexibility index (Phi) is 3.84. The zero-order chi connectivity index (χ0) is 17.6. The highest BCUT2D eigenvalue weighted by molar-refractivity contribution is 5.47. The number of halogens is 2. The van der Waals surface area contributed by atoms with E-state index in [2.05, 4.69) is 20.2 Å². The molecular weight excluding hydrogens is 326 g/mol. The highest BCUT2D eigenvalue weighted by Crippen LogP contribution is 2.23. The summed E-state index contributed by atoms with van der Waals surface area (Å²) in [4.78, 5) is 4.18. The number of rotatable bonds is 4. The predicted molar refractivity (Wildman–Crippen MR) is 89.3 cm³/mol. The van der Waals surface area contributed by atoms with Crippen LogP contribution in [0, 0.1) is 18.6 Å². The number of hydrogen-bond acceptors (Lipinski definition) is 5. The van der Waals surface area contributed by atoms with Gasteiger partial charge in [0, 0.05) is 31.2 Å².